The van der Waals surface area contributed by atoms with Crippen molar-refractivity contribution in [1.82, 2.24) is 4.90 Å². The Hall–Kier alpha value is -1.22. The number of nitrogens with zero attached hydrogens (tertiary/aromatic N) is 2. The number of hydrogen-bond donors (Lipinski definition) is 1. The maximum absolute atomic E-state index is 3.65. The van der Waals surface area contributed by atoms with E-state index >= 15 is 0 Å². The fourth-order valence-electron chi connectivity index (χ4n) is 3.49. The summed E-state index contributed by atoms with van der Waals surface area (Å²) in [6, 6.07) is 8.94. The first-order valence-corrected chi connectivity index (χ1v) is 8.09. The van der Waals surface area contributed by atoms with E-state index in [2.05, 4.69) is 46.4 Å². The van der Waals surface area contributed by atoms with Gasteiger partial charge in [-0.1, -0.05) is 6.07 Å². The van der Waals surface area contributed by atoms with Gasteiger partial charge >= 0.3 is 0 Å². The van der Waals surface area contributed by atoms with E-state index in [1.165, 1.54) is 63.2 Å². The summed E-state index contributed by atoms with van der Waals surface area (Å²) in [5, 5.41) is 3.65. The lowest BCUT2D eigenvalue weighted by molar-refractivity contribution is 0.217. The van der Waals surface area contributed by atoms with Crippen LogP contribution in [0.5, 0.6) is 0 Å². The average Bonchev–Trinajstić information content (AvgIpc) is 3.00. The van der Waals surface area contributed by atoms with Crippen LogP contribution in [0.2, 0.25) is 0 Å². The maximum Gasteiger partial charge on any atom is 0.0386 e. The van der Waals surface area contributed by atoms with Gasteiger partial charge in [-0.3, -0.25) is 0 Å². The molecule has 1 atom stereocenters. The van der Waals surface area contributed by atoms with Crippen LogP contribution in [0.15, 0.2) is 24.3 Å². The third kappa shape index (κ3) is 3.45. The molecule has 110 valence electrons. The van der Waals surface area contributed by atoms with Crippen LogP contribution in [0.25, 0.3) is 0 Å². The number of rotatable bonds is 4. The van der Waals surface area contributed by atoms with Crippen LogP contribution in [-0.2, 0) is 0 Å². The SMILES string of the molecule is CN1CCCC(CNc2cccc(N3CCCC3)c2)C1. The van der Waals surface area contributed by atoms with E-state index in [0.717, 1.165) is 12.5 Å². The van der Waals surface area contributed by atoms with Crippen molar-refractivity contribution in [2.24, 2.45) is 5.92 Å². The molecule has 0 radical (unpaired) electrons. The van der Waals surface area contributed by atoms with Gasteiger partial charge in [0.1, 0.15) is 0 Å². The molecule has 0 aliphatic carbocycles. The number of benzene rings is 1. The van der Waals surface area contributed by atoms with Gasteiger partial charge in [-0.05, 0) is 63.4 Å². The fraction of sp³-hybridized carbons (Fsp3) is 0.647. The van der Waals surface area contributed by atoms with E-state index in [1.807, 2.05) is 0 Å². The quantitative estimate of drug-likeness (QED) is 0.909. The number of hydrogen-bond acceptors (Lipinski definition) is 3. The molecule has 1 aromatic rings. The molecule has 2 heterocycles. The molecule has 1 aromatic carbocycles. The lowest BCUT2D eigenvalue weighted by atomic mass is 9.98. The summed E-state index contributed by atoms with van der Waals surface area (Å²) in [6.07, 6.45) is 5.39. The molecule has 2 saturated heterocycles. The number of likely N-dealkylation sites (tertiary alicyclic amines) is 1. The highest BCUT2D eigenvalue weighted by atomic mass is 15.1. The van der Waals surface area contributed by atoms with Gasteiger partial charge in [0.15, 0.2) is 0 Å². The standard InChI is InChI=1S/C17H27N3/c1-19-9-5-6-15(14-19)13-18-16-7-4-8-17(12-16)20-10-2-3-11-20/h4,7-8,12,15,18H,2-3,5-6,9-11,13-14H2,1H3. The van der Waals surface area contributed by atoms with E-state index in [4.69, 9.17) is 0 Å². The maximum atomic E-state index is 3.65. The third-order valence-electron chi connectivity index (χ3n) is 4.63. The molecule has 2 aliphatic heterocycles. The topological polar surface area (TPSA) is 18.5 Å². The fourth-order valence-corrected chi connectivity index (χ4v) is 3.49. The van der Waals surface area contributed by atoms with Crippen LogP contribution in [0.1, 0.15) is 25.7 Å². The zero-order chi connectivity index (χ0) is 13.8. The molecule has 0 amide bonds. The molecule has 2 fully saturated rings. The molecular weight excluding hydrogens is 246 g/mol. The van der Waals surface area contributed by atoms with E-state index in [0.29, 0.717) is 0 Å². The van der Waals surface area contributed by atoms with Crippen molar-refractivity contribution in [3.63, 3.8) is 0 Å². The van der Waals surface area contributed by atoms with Gasteiger partial charge in [0, 0.05) is 37.6 Å². The second-order valence-electron chi connectivity index (χ2n) is 6.40. The largest absolute Gasteiger partial charge is 0.385 e. The predicted molar refractivity (Wildman–Crippen MR) is 86.6 cm³/mol. The normalized spacial score (nSPS) is 24.1. The first kappa shape index (κ1) is 13.7. The Labute approximate surface area is 123 Å². The van der Waals surface area contributed by atoms with Gasteiger partial charge in [0.2, 0.25) is 0 Å². The Morgan fingerprint density at radius 1 is 1.15 bits per heavy atom. The minimum absolute atomic E-state index is 0.796. The monoisotopic (exact) mass is 273 g/mol. The minimum Gasteiger partial charge on any atom is -0.385 e. The molecule has 3 nitrogen and oxygen atoms in total. The highest BCUT2D eigenvalue weighted by Gasteiger charge is 2.17. The van der Waals surface area contributed by atoms with Crippen LogP contribution >= 0.6 is 0 Å². The molecule has 3 rings (SSSR count). The van der Waals surface area contributed by atoms with E-state index in [1.54, 1.807) is 0 Å². The highest BCUT2D eigenvalue weighted by molar-refractivity contribution is 5.58. The zero-order valence-electron chi connectivity index (χ0n) is 12.6. The predicted octanol–water partition coefficient (Wildman–Crippen LogP) is 3.04. The lowest BCUT2D eigenvalue weighted by Crippen LogP contribution is -2.35. The highest BCUT2D eigenvalue weighted by Crippen LogP contribution is 2.24. The Morgan fingerprint density at radius 2 is 2.00 bits per heavy atom. The van der Waals surface area contributed by atoms with Crippen molar-refractivity contribution < 1.29 is 0 Å². The summed E-state index contributed by atoms with van der Waals surface area (Å²) in [4.78, 5) is 4.95. The summed E-state index contributed by atoms with van der Waals surface area (Å²) in [5.41, 5.74) is 2.66. The van der Waals surface area contributed by atoms with E-state index in [9.17, 15) is 0 Å². The van der Waals surface area contributed by atoms with Gasteiger partial charge in [-0.25, -0.2) is 0 Å². The average molecular weight is 273 g/mol. The molecule has 3 heteroatoms. The lowest BCUT2D eigenvalue weighted by Gasteiger charge is -2.30. The summed E-state index contributed by atoms with van der Waals surface area (Å²) in [6.45, 7) is 6.04. The van der Waals surface area contributed by atoms with Crippen molar-refractivity contribution in [3.8, 4) is 0 Å². The van der Waals surface area contributed by atoms with Gasteiger partial charge in [-0.15, -0.1) is 0 Å². The molecule has 0 spiro atoms. The van der Waals surface area contributed by atoms with Crippen molar-refractivity contribution in [3.05, 3.63) is 24.3 Å². The number of nitrogens with one attached hydrogen (secondary N) is 1. The van der Waals surface area contributed by atoms with E-state index < -0.39 is 0 Å². The second-order valence-corrected chi connectivity index (χ2v) is 6.40. The molecule has 1 unspecified atom stereocenters. The number of piperidine rings is 1. The molecule has 2 aliphatic rings. The molecule has 1 N–H and O–H groups in total. The van der Waals surface area contributed by atoms with Crippen LogP contribution < -0.4 is 10.2 Å². The first-order valence-electron chi connectivity index (χ1n) is 8.09. The van der Waals surface area contributed by atoms with Crippen LogP contribution in [0.4, 0.5) is 11.4 Å². The van der Waals surface area contributed by atoms with Crippen LogP contribution in [0.3, 0.4) is 0 Å². The smallest absolute Gasteiger partial charge is 0.0386 e. The summed E-state index contributed by atoms with van der Waals surface area (Å²) < 4.78 is 0. The van der Waals surface area contributed by atoms with Gasteiger partial charge in [0.05, 0.1) is 0 Å². The van der Waals surface area contributed by atoms with Gasteiger partial charge in [-0.2, -0.15) is 0 Å². The van der Waals surface area contributed by atoms with Gasteiger partial charge in [0.25, 0.3) is 0 Å². The van der Waals surface area contributed by atoms with Crippen LogP contribution in [-0.4, -0.2) is 44.7 Å². The van der Waals surface area contributed by atoms with E-state index in [-0.39, 0.29) is 0 Å². The first-order chi connectivity index (χ1) is 9.81. The second kappa shape index (κ2) is 6.49. The van der Waals surface area contributed by atoms with Gasteiger partial charge < -0.3 is 15.1 Å². The van der Waals surface area contributed by atoms with Crippen molar-refractivity contribution in [1.29, 1.82) is 0 Å². The van der Waals surface area contributed by atoms with Crippen molar-refractivity contribution in [2.75, 3.05) is 50.0 Å². The molecule has 0 aromatic heterocycles. The molecular formula is C17H27N3. The van der Waals surface area contributed by atoms with Crippen LogP contribution in [0, 0.1) is 5.92 Å². The minimum atomic E-state index is 0.796. The molecule has 0 bridgehead atoms. The summed E-state index contributed by atoms with van der Waals surface area (Å²) >= 11 is 0. The zero-order valence-corrected chi connectivity index (χ0v) is 12.6. The Bertz CT molecular complexity index is 426. The summed E-state index contributed by atoms with van der Waals surface area (Å²) in [7, 11) is 2.24. The van der Waals surface area contributed by atoms with Crippen molar-refractivity contribution >= 4 is 11.4 Å². The number of anilines is 2. The molecule has 0 saturated carbocycles. The molecule has 20 heavy (non-hydrogen) atoms. The Kier molecular flexibility index (Phi) is 4.46. The Morgan fingerprint density at radius 3 is 2.80 bits per heavy atom. The Balaban J connectivity index is 1.55. The van der Waals surface area contributed by atoms with Crippen molar-refractivity contribution in [2.45, 2.75) is 25.7 Å². The third-order valence-corrected chi connectivity index (χ3v) is 4.63. The summed E-state index contributed by atoms with van der Waals surface area (Å²) in [5.74, 6) is 0.796.